The van der Waals surface area contributed by atoms with Gasteiger partial charge in [-0.3, -0.25) is 4.79 Å². The van der Waals surface area contributed by atoms with Crippen molar-refractivity contribution < 1.29 is 13.9 Å². The fourth-order valence-corrected chi connectivity index (χ4v) is 1.06. The van der Waals surface area contributed by atoms with Crippen molar-refractivity contribution in [3.8, 4) is 5.75 Å². The minimum Gasteiger partial charge on any atom is -0.481 e. The topological polar surface area (TPSA) is 26.3 Å². The van der Waals surface area contributed by atoms with Gasteiger partial charge in [0.25, 0.3) is 0 Å². The maximum absolute atomic E-state index is 12.6. The number of carbonyl (C=O) groups is 1. The first-order valence-corrected chi connectivity index (χ1v) is 4.50. The normalized spacial score (nSPS) is 12.3. The molecule has 0 heterocycles. The second kappa shape index (κ2) is 4.42. The number of hydrogen-bond donors (Lipinski definition) is 0. The van der Waals surface area contributed by atoms with Crippen LogP contribution in [-0.2, 0) is 4.79 Å². The van der Waals surface area contributed by atoms with Gasteiger partial charge in [-0.05, 0) is 32.0 Å². The predicted octanol–water partition coefficient (Wildman–Crippen LogP) is 2.84. The lowest BCUT2D eigenvalue weighted by Gasteiger charge is -2.12. The summed E-state index contributed by atoms with van der Waals surface area (Å²) in [6.07, 6.45) is -0.571. The minimum atomic E-state index is -0.571. The monoisotopic (exact) mass is 216 g/mol. The summed E-state index contributed by atoms with van der Waals surface area (Å²) in [5.74, 6) is -0.223. The lowest BCUT2D eigenvalue weighted by molar-refractivity contribution is -0.122. The van der Waals surface area contributed by atoms with Gasteiger partial charge in [0.05, 0.1) is 5.02 Å². The Kier molecular flexibility index (Phi) is 3.47. The van der Waals surface area contributed by atoms with Gasteiger partial charge in [-0.15, -0.1) is 0 Å². The number of benzene rings is 1. The van der Waals surface area contributed by atoms with Crippen molar-refractivity contribution in [3.05, 3.63) is 29.0 Å². The van der Waals surface area contributed by atoms with Crippen LogP contribution in [0.2, 0.25) is 5.02 Å². The van der Waals surface area contributed by atoms with Crippen LogP contribution in [0.15, 0.2) is 18.2 Å². The Morgan fingerprint density at radius 2 is 2.21 bits per heavy atom. The van der Waals surface area contributed by atoms with Crippen LogP contribution < -0.4 is 4.74 Å². The first-order valence-electron chi connectivity index (χ1n) is 4.13. The molecule has 0 aromatic heterocycles. The maximum atomic E-state index is 12.6. The van der Waals surface area contributed by atoms with Crippen molar-refractivity contribution in [3.63, 3.8) is 0 Å². The number of hydrogen-bond acceptors (Lipinski definition) is 2. The Morgan fingerprint density at radius 3 is 2.71 bits per heavy atom. The molecule has 14 heavy (non-hydrogen) atoms. The summed E-state index contributed by atoms with van der Waals surface area (Å²) in [5.41, 5.74) is 0. The van der Waals surface area contributed by atoms with E-state index in [9.17, 15) is 9.18 Å². The molecule has 1 atom stereocenters. The molecule has 1 rings (SSSR count). The van der Waals surface area contributed by atoms with Crippen molar-refractivity contribution in [1.82, 2.24) is 0 Å². The van der Waals surface area contributed by atoms with Crippen LogP contribution in [0.4, 0.5) is 4.39 Å². The summed E-state index contributed by atoms with van der Waals surface area (Å²) < 4.78 is 17.8. The highest BCUT2D eigenvalue weighted by Gasteiger charge is 2.11. The molecule has 0 fully saturated rings. The fraction of sp³-hybridized carbons (Fsp3) is 0.300. The van der Waals surface area contributed by atoms with Gasteiger partial charge in [-0.2, -0.15) is 0 Å². The molecular weight excluding hydrogens is 207 g/mol. The smallest absolute Gasteiger partial charge is 0.169 e. The minimum absolute atomic E-state index is 0.106. The molecule has 4 heteroatoms. The van der Waals surface area contributed by atoms with Crippen LogP contribution >= 0.6 is 11.6 Å². The van der Waals surface area contributed by atoms with Gasteiger partial charge in [-0.1, -0.05) is 11.6 Å². The molecule has 0 amide bonds. The van der Waals surface area contributed by atoms with E-state index < -0.39 is 11.9 Å². The Morgan fingerprint density at radius 1 is 1.57 bits per heavy atom. The van der Waals surface area contributed by atoms with Crippen LogP contribution in [0.25, 0.3) is 0 Å². The zero-order chi connectivity index (χ0) is 10.7. The molecule has 1 aromatic carbocycles. The van der Waals surface area contributed by atoms with Gasteiger partial charge in [-0.25, -0.2) is 4.39 Å². The van der Waals surface area contributed by atoms with Crippen LogP contribution in [0.1, 0.15) is 13.8 Å². The quantitative estimate of drug-likeness (QED) is 0.777. The molecule has 76 valence electrons. The van der Waals surface area contributed by atoms with Gasteiger partial charge < -0.3 is 4.74 Å². The Bertz CT molecular complexity index is 352. The van der Waals surface area contributed by atoms with Crippen molar-refractivity contribution in [2.45, 2.75) is 20.0 Å². The van der Waals surface area contributed by atoms with Gasteiger partial charge in [0.1, 0.15) is 11.6 Å². The summed E-state index contributed by atoms with van der Waals surface area (Å²) in [5, 5.41) is 0.165. The van der Waals surface area contributed by atoms with Crippen LogP contribution in [0.3, 0.4) is 0 Å². The largest absolute Gasteiger partial charge is 0.481 e. The number of ketones is 1. The molecule has 1 unspecified atom stereocenters. The van der Waals surface area contributed by atoms with E-state index in [1.54, 1.807) is 6.92 Å². The van der Waals surface area contributed by atoms with Gasteiger partial charge in [0.15, 0.2) is 11.9 Å². The summed E-state index contributed by atoms with van der Waals surface area (Å²) in [4.78, 5) is 10.9. The van der Waals surface area contributed by atoms with Gasteiger partial charge in [0.2, 0.25) is 0 Å². The van der Waals surface area contributed by atoms with Crippen LogP contribution in [0, 0.1) is 5.82 Å². The molecule has 1 aromatic rings. The van der Waals surface area contributed by atoms with E-state index in [1.165, 1.54) is 19.1 Å². The fourth-order valence-electron chi connectivity index (χ4n) is 0.844. The zero-order valence-corrected chi connectivity index (χ0v) is 8.64. The lowest BCUT2D eigenvalue weighted by atomic mass is 10.3. The summed E-state index contributed by atoms with van der Waals surface area (Å²) in [6, 6.07) is 3.77. The molecule has 0 saturated heterocycles. The third-order valence-electron chi connectivity index (χ3n) is 1.77. The van der Waals surface area contributed by atoms with E-state index >= 15 is 0 Å². The van der Waals surface area contributed by atoms with Crippen molar-refractivity contribution in [2.75, 3.05) is 0 Å². The molecule has 0 radical (unpaired) electrons. The van der Waals surface area contributed by atoms with E-state index in [-0.39, 0.29) is 10.8 Å². The molecular formula is C10H10ClFO2. The summed E-state index contributed by atoms with van der Waals surface area (Å²) >= 11 is 5.70. The third kappa shape index (κ3) is 2.70. The molecule has 0 aliphatic heterocycles. The molecule has 0 saturated carbocycles. The highest BCUT2D eigenvalue weighted by molar-refractivity contribution is 6.32. The van der Waals surface area contributed by atoms with E-state index in [0.717, 1.165) is 6.07 Å². The molecule has 0 spiro atoms. The SMILES string of the molecule is CC(=O)C(C)Oc1ccc(F)cc1Cl. The van der Waals surface area contributed by atoms with E-state index in [1.807, 2.05) is 0 Å². The van der Waals surface area contributed by atoms with Gasteiger partial charge >= 0.3 is 0 Å². The third-order valence-corrected chi connectivity index (χ3v) is 2.07. The van der Waals surface area contributed by atoms with E-state index in [2.05, 4.69) is 0 Å². The maximum Gasteiger partial charge on any atom is 0.169 e. The van der Waals surface area contributed by atoms with Gasteiger partial charge in [0, 0.05) is 0 Å². The van der Waals surface area contributed by atoms with Crippen LogP contribution in [0.5, 0.6) is 5.75 Å². The average molecular weight is 217 g/mol. The highest BCUT2D eigenvalue weighted by atomic mass is 35.5. The first kappa shape index (κ1) is 11.0. The second-order valence-electron chi connectivity index (χ2n) is 2.95. The lowest BCUT2D eigenvalue weighted by Crippen LogP contribution is -2.20. The first-order chi connectivity index (χ1) is 6.50. The van der Waals surface area contributed by atoms with Crippen molar-refractivity contribution in [2.24, 2.45) is 0 Å². The number of halogens is 2. The van der Waals surface area contributed by atoms with E-state index in [0.29, 0.717) is 5.75 Å². The molecule has 0 aliphatic rings. The number of ether oxygens (including phenoxy) is 1. The summed E-state index contributed by atoms with van der Waals surface area (Å²) in [7, 11) is 0. The number of carbonyl (C=O) groups excluding carboxylic acids is 1. The Balaban J connectivity index is 2.82. The molecule has 2 nitrogen and oxygen atoms in total. The second-order valence-corrected chi connectivity index (χ2v) is 3.35. The number of rotatable bonds is 3. The number of Topliss-reactive ketones (excluding diaryl/α,β-unsaturated/α-hetero) is 1. The molecule has 0 aliphatic carbocycles. The average Bonchev–Trinajstić information content (AvgIpc) is 2.09. The van der Waals surface area contributed by atoms with Crippen molar-refractivity contribution >= 4 is 17.4 Å². The molecule has 0 bridgehead atoms. The zero-order valence-electron chi connectivity index (χ0n) is 7.88. The van der Waals surface area contributed by atoms with E-state index in [4.69, 9.17) is 16.3 Å². The van der Waals surface area contributed by atoms with Crippen LogP contribution in [-0.4, -0.2) is 11.9 Å². The Labute approximate surface area is 86.6 Å². The predicted molar refractivity (Wildman–Crippen MR) is 52.2 cm³/mol. The van der Waals surface area contributed by atoms with Crippen molar-refractivity contribution in [1.29, 1.82) is 0 Å². The molecule has 0 N–H and O–H groups in total. The summed E-state index contributed by atoms with van der Waals surface area (Å²) in [6.45, 7) is 3.03. The highest BCUT2D eigenvalue weighted by Crippen LogP contribution is 2.25. The Hall–Kier alpha value is -1.09. The standard InChI is InChI=1S/C10H10ClFO2/c1-6(13)7(2)14-10-4-3-8(12)5-9(10)11/h3-5,7H,1-2H3.